The molecule has 0 aliphatic heterocycles. The molecule has 0 radical (unpaired) electrons. The number of aromatic amines is 2. The molecule has 3 aromatic rings. The van der Waals surface area contributed by atoms with Gasteiger partial charge in [-0.2, -0.15) is 5.26 Å². The van der Waals surface area contributed by atoms with Gasteiger partial charge in [-0.15, -0.1) is 0 Å². The molecule has 0 saturated heterocycles. The van der Waals surface area contributed by atoms with Gasteiger partial charge < -0.3 is 14.9 Å². The van der Waals surface area contributed by atoms with E-state index in [1.54, 1.807) is 31.7 Å². The number of carbonyl (C=O) groups is 1. The number of nitrogens with zero attached hydrogens (tertiary/aromatic N) is 3. The lowest BCUT2D eigenvalue weighted by molar-refractivity contribution is 0.0793. The molecule has 116 valence electrons. The number of aromatic nitrogens is 3. The Bertz CT molecular complexity index is 905. The number of fused-ring (bicyclic) bond motifs is 1. The van der Waals surface area contributed by atoms with Crippen LogP contribution in [0.2, 0.25) is 5.02 Å². The summed E-state index contributed by atoms with van der Waals surface area (Å²) in [7, 11) is 1.67. The van der Waals surface area contributed by atoms with Crippen molar-refractivity contribution in [3.8, 4) is 17.2 Å². The summed E-state index contributed by atoms with van der Waals surface area (Å²) in [6.45, 7) is 0.391. The van der Waals surface area contributed by atoms with Crippen molar-refractivity contribution in [2.24, 2.45) is 0 Å². The highest BCUT2D eigenvalue weighted by Crippen LogP contribution is 2.34. The number of nitriles is 1. The van der Waals surface area contributed by atoms with Crippen LogP contribution in [-0.2, 0) is 0 Å². The fourth-order valence-corrected chi connectivity index (χ4v) is 2.72. The normalized spacial score (nSPS) is 10.7. The van der Waals surface area contributed by atoms with Gasteiger partial charge >= 0.3 is 0 Å². The first-order chi connectivity index (χ1) is 11.1. The topological polar surface area (TPSA) is 88.6 Å². The first-order valence-electron chi connectivity index (χ1n) is 7.04. The number of halogens is 1. The third kappa shape index (κ3) is 2.79. The molecule has 0 aliphatic rings. The van der Waals surface area contributed by atoms with Gasteiger partial charge in [-0.05, 0) is 12.1 Å². The van der Waals surface area contributed by atoms with Crippen LogP contribution >= 0.6 is 11.6 Å². The molecule has 3 aromatic heterocycles. The lowest BCUT2D eigenvalue weighted by Crippen LogP contribution is -2.27. The summed E-state index contributed by atoms with van der Waals surface area (Å²) in [4.78, 5) is 24.1. The van der Waals surface area contributed by atoms with E-state index in [9.17, 15) is 4.79 Å². The Hall–Kier alpha value is -2.78. The van der Waals surface area contributed by atoms with Crippen molar-refractivity contribution in [1.82, 2.24) is 19.9 Å². The zero-order valence-corrected chi connectivity index (χ0v) is 13.2. The van der Waals surface area contributed by atoms with E-state index in [-0.39, 0.29) is 5.91 Å². The van der Waals surface area contributed by atoms with Crippen LogP contribution in [0.1, 0.15) is 16.9 Å². The SMILES string of the molecule is CN(CCC#N)C(=O)c1cc(-c2c(Cl)cnc3[nH]ccc23)c[nH]1. The zero-order valence-electron chi connectivity index (χ0n) is 12.4. The maximum atomic E-state index is 12.3. The second-order valence-electron chi connectivity index (χ2n) is 5.16. The molecule has 3 rings (SSSR count). The molecule has 0 unspecified atom stereocenters. The minimum Gasteiger partial charge on any atom is -0.357 e. The van der Waals surface area contributed by atoms with E-state index in [1.165, 1.54) is 4.90 Å². The van der Waals surface area contributed by atoms with Crippen molar-refractivity contribution in [1.29, 1.82) is 5.26 Å². The molecular weight excluding hydrogens is 314 g/mol. The van der Waals surface area contributed by atoms with Crippen LogP contribution in [0.5, 0.6) is 0 Å². The first-order valence-corrected chi connectivity index (χ1v) is 7.42. The maximum absolute atomic E-state index is 12.3. The molecule has 0 bridgehead atoms. The van der Waals surface area contributed by atoms with Crippen molar-refractivity contribution >= 4 is 28.5 Å². The highest BCUT2D eigenvalue weighted by molar-refractivity contribution is 6.34. The third-order valence-corrected chi connectivity index (χ3v) is 3.93. The van der Waals surface area contributed by atoms with Gasteiger partial charge in [0.1, 0.15) is 11.3 Å². The first kappa shape index (κ1) is 15.1. The number of hydrogen-bond donors (Lipinski definition) is 2. The number of H-pyrrole nitrogens is 2. The Balaban J connectivity index is 1.95. The maximum Gasteiger partial charge on any atom is 0.270 e. The molecule has 7 heteroatoms. The van der Waals surface area contributed by atoms with Crippen molar-refractivity contribution in [2.45, 2.75) is 6.42 Å². The summed E-state index contributed by atoms with van der Waals surface area (Å²) in [6, 6.07) is 5.69. The van der Waals surface area contributed by atoms with Gasteiger partial charge in [0, 0.05) is 48.7 Å². The minimum atomic E-state index is -0.165. The number of rotatable bonds is 4. The van der Waals surface area contributed by atoms with Crippen LogP contribution in [0.15, 0.2) is 30.7 Å². The molecule has 0 aromatic carbocycles. The molecule has 3 heterocycles. The smallest absolute Gasteiger partial charge is 0.270 e. The molecular formula is C16H14ClN5O. The minimum absolute atomic E-state index is 0.165. The lowest BCUT2D eigenvalue weighted by Gasteiger charge is -2.13. The van der Waals surface area contributed by atoms with E-state index in [2.05, 4.69) is 15.0 Å². The molecule has 6 nitrogen and oxygen atoms in total. The van der Waals surface area contributed by atoms with Crippen LogP contribution in [-0.4, -0.2) is 39.4 Å². The van der Waals surface area contributed by atoms with Crippen LogP contribution in [0.25, 0.3) is 22.2 Å². The standard InChI is InChI=1S/C16H14ClN5O/c1-22(6-2-4-18)16(23)13-7-10(8-20-13)14-11-3-5-19-15(11)21-9-12(14)17/h3,5,7-9,20H,2,6H2,1H3,(H,19,21). The average molecular weight is 328 g/mol. The van der Waals surface area contributed by atoms with Gasteiger partial charge in [0.25, 0.3) is 5.91 Å². The van der Waals surface area contributed by atoms with Crippen LogP contribution in [0.4, 0.5) is 0 Å². The van der Waals surface area contributed by atoms with Gasteiger partial charge in [-0.25, -0.2) is 4.98 Å². The fraction of sp³-hybridized carbons (Fsp3) is 0.188. The monoisotopic (exact) mass is 327 g/mol. The van der Waals surface area contributed by atoms with E-state index >= 15 is 0 Å². The van der Waals surface area contributed by atoms with E-state index in [4.69, 9.17) is 16.9 Å². The fourth-order valence-electron chi connectivity index (χ4n) is 2.46. The molecule has 23 heavy (non-hydrogen) atoms. The van der Waals surface area contributed by atoms with Gasteiger partial charge in [0.2, 0.25) is 0 Å². The molecule has 0 spiro atoms. The van der Waals surface area contributed by atoms with Crippen LogP contribution < -0.4 is 0 Å². The second-order valence-corrected chi connectivity index (χ2v) is 5.57. The average Bonchev–Trinajstić information content (AvgIpc) is 3.20. The second kappa shape index (κ2) is 6.15. The van der Waals surface area contributed by atoms with E-state index < -0.39 is 0 Å². The number of amides is 1. The molecule has 2 N–H and O–H groups in total. The Kier molecular flexibility index (Phi) is 4.04. The summed E-state index contributed by atoms with van der Waals surface area (Å²) < 4.78 is 0. The third-order valence-electron chi connectivity index (χ3n) is 3.65. The van der Waals surface area contributed by atoms with E-state index in [0.29, 0.717) is 23.7 Å². The Morgan fingerprint density at radius 2 is 2.30 bits per heavy atom. The largest absolute Gasteiger partial charge is 0.357 e. The summed E-state index contributed by atoms with van der Waals surface area (Å²) in [5.74, 6) is -0.165. The highest BCUT2D eigenvalue weighted by Gasteiger charge is 2.17. The molecule has 0 fully saturated rings. The lowest BCUT2D eigenvalue weighted by atomic mass is 10.1. The highest BCUT2D eigenvalue weighted by atomic mass is 35.5. The molecule has 0 saturated carbocycles. The van der Waals surface area contributed by atoms with E-state index in [1.807, 2.05) is 12.1 Å². The zero-order chi connectivity index (χ0) is 16.4. The van der Waals surface area contributed by atoms with Gasteiger partial charge in [0.15, 0.2) is 0 Å². The Labute approximate surface area is 137 Å². The predicted octanol–water partition coefficient (Wildman–Crippen LogP) is 3.20. The number of nitrogens with one attached hydrogen (secondary N) is 2. The number of hydrogen-bond acceptors (Lipinski definition) is 3. The van der Waals surface area contributed by atoms with E-state index in [0.717, 1.165) is 22.2 Å². The van der Waals surface area contributed by atoms with Crippen molar-refractivity contribution < 1.29 is 4.79 Å². The molecule has 0 aliphatic carbocycles. The number of pyridine rings is 1. The quantitative estimate of drug-likeness (QED) is 0.771. The summed E-state index contributed by atoms with van der Waals surface area (Å²) in [5, 5.41) is 10.0. The van der Waals surface area contributed by atoms with Gasteiger partial charge in [-0.3, -0.25) is 4.79 Å². The van der Waals surface area contributed by atoms with Gasteiger partial charge in [-0.1, -0.05) is 11.6 Å². The summed E-state index contributed by atoms with van der Waals surface area (Å²) >= 11 is 6.29. The Morgan fingerprint density at radius 1 is 1.48 bits per heavy atom. The van der Waals surface area contributed by atoms with Crippen molar-refractivity contribution in [3.05, 3.63) is 41.4 Å². The predicted molar refractivity (Wildman–Crippen MR) is 88.1 cm³/mol. The van der Waals surface area contributed by atoms with Crippen molar-refractivity contribution in [2.75, 3.05) is 13.6 Å². The summed E-state index contributed by atoms with van der Waals surface area (Å²) in [6.07, 6.45) is 5.43. The Morgan fingerprint density at radius 3 is 3.09 bits per heavy atom. The van der Waals surface area contributed by atoms with Crippen LogP contribution in [0, 0.1) is 11.3 Å². The van der Waals surface area contributed by atoms with Crippen LogP contribution in [0.3, 0.4) is 0 Å². The van der Waals surface area contributed by atoms with Gasteiger partial charge in [0.05, 0.1) is 17.5 Å². The molecule has 1 amide bonds. The number of carbonyl (C=O) groups excluding carboxylic acids is 1. The molecule has 0 atom stereocenters. The van der Waals surface area contributed by atoms with Crippen molar-refractivity contribution in [3.63, 3.8) is 0 Å². The summed E-state index contributed by atoms with van der Waals surface area (Å²) in [5.41, 5.74) is 2.84.